The molecule has 2 unspecified atom stereocenters. The molecule has 0 aliphatic heterocycles. The summed E-state index contributed by atoms with van der Waals surface area (Å²) in [5.41, 5.74) is 1.90. The van der Waals surface area contributed by atoms with Crippen molar-refractivity contribution in [3.8, 4) is 0 Å². The molecule has 0 bridgehead atoms. The summed E-state index contributed by atoms with van der Waals surface area (Å²) in [6.45, 7) is 5.56. The predicted octanol–water partition coefficient (Wildman–Crippen LogP) is 5.95. The van der Waals surface area contributed by atoms with E-state index in [1.54, 1.807) is 13.8 Å². The molecule has 1 saturated carbocycles. The van der Waals surface area contributed by atoms with Gasteiger partial charge < -0.3 is 5.32 Å². The van der Waals surface area contributed by atoms with Crippen LogP contribution >= 0.6 is 0 Å². The molecule has 170 valence electrons. The van der Waals surface area contributed by atoms with E-state index in [0.717, 1.165) is 24.1 Å². The summed E-state index contributed by atoms with van der Waals surface area (Å²) in [5.74, 6) is -0.712. The fourth-order valence-electron chi connectivity index (χ4n) is 3.67. The van der Waals surface area contributed by atoms with Crippen molar-refractivity contribution in [2.75, 3.05) is 11.6 Å². The number of rotatable bonds is 5. The second-order valence-electron chi connectivity index (χ2n) is 8.32. The molecule has 4 nitrogen and oxygen atoms in total. The highest BCUT2D eigenvalue weighted by molar-refractivity contribution is 7.91. The van der Waals surface area contributed by atoms with E-state index >= 15 is 0 Å². The van der Waals surface area contributed by atoms with Crippen molar-refractivity contribution in [3.63, 3.8) is 0 Å². The number of carbonyl (C=O) groups is 1. The van der Waals surface area contributed by atoms with Crippen LogP contribution < -0.4 is 5.32 Å². The Morgan fingerprint density at radius 2 is 1.61 bits per heavy atom. The third-order valence-corrected chi connectivity index (χ3v) is 7.47. The van der Waals surface area contributed by atoms with Gasteiger partial charge in [0.2, 0.25) is 0 Å². The molecule has 1 N–H and O–H groups in total. The summed E-state index contributed by atoms with van der Waals surface area (Å²) in [6.07, 6.45) is 6.19. The summed E-state index contributed by atoms with van der Waals surface area (Å²) in [5, 5.41) is 2.45. The number of halogens is 2. The maximum atomic E-state index is 13.2. The monoisotopic (exact) mass is 451 g/mol. The molecule has 2 aromatic carbocycles. The van der Waals surface area contributed by atoms with Gasteiger partial charge in [-0.2, -0.15) is 0 Å². The Labute approximate surface area is 184 Å². The summed E-state index contributed by atoms with van der Waals surface area (Å²) >= 11 is 0. The van der Waals surface area contributed by atoms with Crippen molar-refractivity contribution in [2.45, 2.75) is 57.6 Å². The lowest BCUT2D eigenvalue weighted by Crippen LogP contribution is -2.12. The Bertz CT molecular complexity index is 968. The molecular weight excluding hydrogens is 420 g/mol. The lowest BCUT2D eigenvalue weighted by atomic mass is 9.87. The zero-order valence-corrected chi connectivity index (χ0v) is 19.3. The first-order chi connectivity index (χ1) is 14.5. The zero-order valence-electron chi connectivity index (χ0n) is 18.5. The molecular formula is C24H31F2NO3S. The molecule has 2 aromatic rings. The van der Waals surface area contributed by atoms with E-state index in [0.29, 0.717) is 11.6 Å². The minimum Gasteiger partial charge on any atom is -0.322 e. The molecule has 0 saturated heterocycles. The van der Waals surface area contributed by atoms with Crippen LogP contribution in [0.15, 0.2) is 42.5 Å². The van der Waals surface area contributed by atoms with E-state index in [-0.39, 0.29) is 10.8 Å². The zero-order chi connectivity index (χ0) is 23.2. The molecule has 1 aliphatic rings. The average Bonchev–Trinajstić information content (AvgIpc) is 3.16. The molecule has 0 heterocycles. The number of anilines is 1. The molecule has 1 aliphatic carbocycles. The van der Waals surface area contributed by atoms with Crippen molar-refractivity contribution >= 4 is 21.4 Å². The molecule has 0 radical (unpaired) electrons. The maximum Gasteiger partial charge on any atom is 0.255 e. The van der Waals surface area contributed by atoms with Crippen LogP contribution in [0.5, 0.6) is 0 Å². The van der Waals surface area contributed by atoms with Gasteiger partial charge in [-0.15, -0.1) is 0 Å². The molecule has 1 amide bonds. The van der Waals surface area contributed by atoms with E-state index < -0.39 is 27.4 Å². The van der Waals surface area contributed by atoms with E-state index in [4.69, 9.17) is 0 Å². The van der Waals surface area contributed by atoms with Crippen LogP contribution in [-0.2, 0) is 9.84 Å². The second-order valence-corrected chi connectivity index (χ2v) is 10.9. The number of benzene rings is 2. The van der Waals surface area contributed by atoms with Gasteiger partial charge in [0.15, 0.2) is 0 Å². The largest absolute Gasteiger partial charge is 0.322 e. The highest BCUT2D eigenvalue weighted by Gasteiger charge is 2.26. The molecule has 0 spiro atoms. The van der Waals surface area contributed by atoms with Gasteiger partial charge >= 0.3 is 0 Å². The van der Waals surface area contributed by atoms with E-state index in [1.807, 2.05) is 24.3 Å². The Kier molecular flexibility index (Phi) is 8.74. The van der Waals surface area contributed by atoms with Crippen molar-refractivity contribution in [3.05, 3.63) is 65.2 Å². The Morgan fingerprint density at radius 3 is 2.10 bits per heavy atom. The van der Waals surface area contributed by atoms with Crippen LogP contribution in [0.4, 0.5) is 14.5 Å². The van der Waals surface area contributed by atoms with Gasteiger partial charge in [-0.25, -0.2) is 17.2 Å². The highest BCUT2D eigenvalue weighted by Crippen LogP contribution is 2.41. The molecule has 0 aromatic heterocycles. The van der Waals surface area contributed by atoms with Crippen molar-refractivity contribution in [2.24, 2.45) is 5.92 Å². The second kappa shape index (κ2) is 10.8. The lowest BCUT2D eigenvalue weighted by molar-refractivity contribution is 0.102. The number of hydrogen-bond donors (Lipinski definition) is 1. The van der Waals surface area contributed by atoms with Gasteiger partial charge in [0.25, 0.3) is 5.91 Å². The maximum absolute atomic E-state index is 13.2. The van der Waals surface area contributed by atoms with E-state index in [2.05, 4.69) is 12.2 Å². The highest BCUT2D eigenvalue weighted by atomic mass is 32.2. The van der Waals surface area contributed by atoms with Gasteiger partial charge in [-0.1, -0.05) is 31.9 Å². The van der Waals surface area contributed by atoms with Gasteiger partial charge in [-0.05, 0) is 68.4 Å². The quantitative estimate of drug-likeness (QED) is 0.611. The van der Waals surface area contributed by atoms with Gasteiger partial charge in [0, 0.05) is 23.6 Å². The van der Waals surface area contributed by atoms with E-state index in [9.17, 15) is 22.0 Å². The number of nitrogens with one attached hydrogen (secondary N) is 1. The summed E-state index contributed by atoms with van der Waals surface area (Å²) in [7, 11) is -2.74. The first-order valence-corrected chi connectivity index (χ1v) is 12.5. The minimum atomic E-state index is -2.74. The normalized spacial score (nSPS) is 18.4. The lowest BCUT2D eigenvalue weighted by Gasteiger charge is -2.18. The Balaban J connectivity index is 0.000000423. The summed E-state index contributed by atoms with van der Waals surface area (Å²) in [4.78, 5) is 12.1. The average molecular weight is 452 g/mol. The van der Waals surface area contributed by atoms with Gasteiger partial charge in [-0.3, -0.25) is 4.79 Å². The van der Waals surface area contributed by atoms with Crippen LogP contribution in [0, 0.1) is 17.6 Å². The van der Waals surface area contributed by atoms with Crippen molar-refractivity contribution in [1.29, 1.82) is 0 Å². The fourth-order valence-corrected chi connectivity index (χ4v) is 3.67. The number of sulfone groups is 1. The van der Waals surface area contributed by atoms with Gasteiger partial charge in [0.05, 0.1) is 5.25 Å². The van der Waals surface area contributed by atoms with Crippen LogP contribution in [0.3, 0.4) is 0 Å². The Hall–Kier alpha value is -2.28. The van der Waals surface area contributed by atoms with Gasteiger partial charge in [0.1, 0.15) is 21.5 Å². The third kappa shape index (κ3) is 7.42. The van der Waals surface area contributed by atoms with E-state index in [1.165, 1.54) is 37.5 Å². The SMILES string of the molecule is CC(C)S(C)(=O)=O.CCC1CCCC1c1ccc(NC(=O)c2cc(F)cc(F)c2)cc1. The molecule has 3 rings (SSSR count). The summed E-state index contributed by atoms with van der Waals surface area (Å²) in [6, 6.07) is 10.6. The number of amides is 1. The first kappa shape index (κ1) is 25.0. The molecule has 7 heteroatoms. The first-order valence-electron chi connectivity index (χ1n) is 10.6. The molecule has 31 heavy (non-hydrogen) atoms. The predicted molar refractivity (Wildman–Crippen MR) is 121 cm³/mol. The molecule has 2 atom stereocenters. The van der Waals surface area contributed by atoms with Crippen molar-refractivity contribution in [1.82, 2.24) is 0 Å². The topological polar surface area (TPSA) is 63.2 Å². The van der Waals surface area contributed by atoms with Crippen molar-refractivity contribution < 1.29 is 22.0 Å². The fraction of sp³-hybridized carbons (Fsp3) is 0.458. The van der Waals surface area contributed by atoms with Crippen LogP contribution in [-0.4, -0.2) is 25.8 Å². The standard InChI is InChI=1S/C20H21F2NO.C4H10O2S/c1-2-13-4-3-5-19(13)14-6-8-18(9-7-14)23-20(24)15-10-16(21)12-17(22)11-15;1-4(2)7(3,5)6/h6-13,19H,2-5H2,1H3,(H,23,24);4H,1-3H3. The summed E-state index contributed by atoms with van der Waals surface area (Å²) < 4.78 is 47.1. The number of carbonyl (C=O) groups excluding carboxylic acids is 1. The Morgan fingerprint density at radius 1 is 1.06 bits per heavy atom. The van der Waals surface area contributed by atoms with Crippen LogP contribution in [0.25, 0.3) is 0 Å². The van der Waals surface area contributed by atoms with Crippen LogP contribution in [0.1, 0.15) is 68.3 Å². The number of hydrogen-bond acceptors (Lipinski definition) is 3. The minimum absolute atomic E-state index is 0.0292. The smallest absolute Gasteiger partial charge is 0.255 e. The molecule has 1 fully saturated rings. The van der Waals surface area contributed by atoms with Crippen LogP contribution in [0.2, 0.25) is 0 Å². The third-order valence-electron chi connectivity index (χ3n) is 5.76.